The van der Waals surface area contributed by atoms with Crippen LogP contribution in [-0.4, -0.2) is 41.3 Å². The molecule has 0 heterocycles. The monoisotopic (exact) mass is 284 g/mol. The normalized spacial score (nSPS) is 10.1. The highest BCUT2D eigenvalue weighted by Gasteiger charge is 2.18. The van der Waals surface area contributed by atoms with E-state index in [1.54, 1.807) is 18.8 Å². The van der Waals surface area contributed by atoms with E-state index in [2.05, 4.69) is 5.43 Å². The van der Waals surface area contributed by atoms with Crippen LogP contribution in [0, 0.1) is 10.1 Å². The molecule has 3 N–H and O–H groups in total. The lowest BCUT2D eigenvalue weighted by Crippen LogP contribution is -2.29. The first-order valence-corrected chi connectivity index (χ1v) is 6.90. The maximum atomic E-state index is 12.1. The average Bonchev–Trinajstić information content (AvgIpc) is 2.42. The van der Waals surface area contributed by atoms with Gasteiger partial charge in [0.25, 0.3) is 11.6 Å². The molecule has 0 unspecified atom stereocenters. The molecule has 19 heavy (non-hydrogen) atoms. The van der Waals surface area contributed by atoms with Crippen LogP contribution in [0.4, 0.5) is 11.4 Å². The Morgan fingerprint density at radius 2 is 2.26 bits per heavy atom. The van der Waals surface area contributed by atoms with Gasteiger partial charge >= 0.3 is 0 Å². The van der Waals surface area contributed by atoms with Gasteiger partial charge in [-0.1, -0.05) is 0 Å². The number of hydrazine groups is 1. The number of nitro groups is 1. The van der Waals surface area contributed by atoms with Gasteiger partial charge in [-0.15, -0.1) is 0 Å². The summed E-state index contributed by atoms with van der Waals surface area (Å²) in [4.78, 5) is 23.9. The number of hydrogen-bond acceptors (Lipinski definition) is 6. The van der Waals surface area contributed by atoms with Crippen molar-refractivity contribution < 1.29 is 9.72 Å². The largest absolute Gasteiger partial charge is 0.341 e. The van der Waals surface area contributed by atoms with Crippen molar-refractivity contribution in [2.45, 2.75) is 0 Å². The van der Waals surface area contributed by atoms with Crippen molar-refractivity contribution >= 4 is 29.0 Å². The summed E-state index contributed by atoms with van der Waals surface area (Å²) in [6.45, 7) is 0.588. The summed E-state index contributed by atoms with van der Waals surface area (Å²) in [6, 6.07) is 4.17. The van der Waals surface area contributed by atoms with E-state index in [9.17, 15) is 14.9 Å². The van der Waals surface area contributed by atoms with Crippen LogP contribution in [-0.2, 0) is 0 Å². The Hall–Kier alpha value is -1.80. The van der Waals surface area contributed by atoms with Crippen LogP contribution in [0.5, 0.6) is 0 Å². The number of nitro benzene ring substituents is 1. The summed E-state index contributed by atoms with van der Waals surface area (Å²) < 4.78 is 0. The average molecular weight is 284 g/mol. The van der Waals surface area contributed by atoms with Gasteiger partial charge in [0.1, 0.15) is 5.69 Å². The SMILES string of the molecule is CSCCN(C)C(=O)c1ccc(NN)c([N+](=O)[O-])c1. The van der Waals surface area contributed by atoms with Crippen molar-refractivity contribution in [2.75, 3.05) is 31.0 Å². The fraction of sp³-hybridized carbons (Fsp3) is 0.364. The quantitative estimate of drug-likeness (QED) is 0.464. The Morgan fingerprint density at radius 1 is 1.58 bits per heavy atom. The zero-order valence-corrected chi connectivity index (χ0v) is 11.6. The second-order valence-electron chi connectivity index (χ2n) is 3.85. The number of benzene rings is 1. The van der Waals surface area contributed by atoms with E-state index in [0.29, 0.717) is 6.54 Å². The van der Waals surface area contributed by atoms with Crippen molar-refractivity contribution in [1.82, 2.24) is 4.90 Å². The number of rotatable bonds is 6. The molecule has 1 aromatic carbocycles. The van der Waals surface area contributed by atoms with Crippen LogP contribution >= 0.6 is 11.8 Å². The van der Waals surface area contributed by atoms with Gasteiger partial charge < -0.3 is 10.3 Å². The number of anilines is 1. The van der Waals surface area contributed by atoms with E-state index < -0.39 is 4.92 Å². The first-order valence-electron chi connectivity index (χ1n) is 5.50. The fourth-order valence-electron chi connectivity index (χ4n) is 1.49. The van der Waals surface area contributed by atoms with Crippen LogP contribution in [0.3, 0.4) is 0 Å². The summed E-state index contributed by atoms with van der Waals surface area (Å²) in [6.07, 6.45) is 1.95. The smallest absolute Gasteiger partial charge is 0.294 e. The predicted molar refractivity (Wildman–Crippen MR) is 76.2 cm³/mol. The number of nitrogens with two attached hydrogens (primary N) is 1. The lowest BCUT2D eigenvalue weighted by atomic mass is 10.1. The molecular formula is C11H16N4O3S. The maximum Gasteiger partial charge on any atom is 0.294 e. The first kappa shape index (κ1) is 15.3. The molecule has 7 nitrogen and oxygen atoms in total. The van der Waals surface area contributed by atoms with Crippen molar-refractivity contribution in [1.29, 1.82) is 0 Å². The number of hydrogen-bond donors (Lipinski definition) is 2. The summed E-state index contributed by atoms with van der Waals surface area (Å²) in [5.74, 6) is 5.75. The van der Waals surface area contributed by atoms with Gasteiger partial charge in [-0.3, -0.25) is 20.8 Å². The summed E-state index contributed by atoms with van der Waals surface area (Å²) >= 11 is 1.63. The van der Waals surface area contributed by atoms with Crippen LogP contribution in [0.15, 0.2) is 18.2 Å². The Labute approximate surface area is 115 Å². The van der Waals surface area contributed by atoms with Crippen molar-refractivity contribution in [3.8, 4) is 0 Å². The molecule has 1 aromatic rings. The Morgan fingerprint density at radius 3 is 2.79 bits per heavy atom. The fourth-order valence-corrected chi connectivity index (χ4v) is 1.94. The Bertz CT molecular complexity index is 481. The van der Waals surface area contributed by atoms with Gasteiger partial charge in [0.05, 0.1) is 4.92 Å². The van der Waals surface area contributed by atoms with Crippen LogP contribution in [0.2, 0.25) is 0 Å². The van der Waals surface area contributed by atoms with Crippen molar-refractivity contribution in [2.24, 2.45) is 5.84 Å². The van der Waals surface area contributed by atoms with E-state index in [1.165, 1.54) is 23.1 Å². The van der Waals surface area contributed by atoms with Gasteiger partial charge in [-0.25, -0.2) is 0 Å². The molecule has 0 radical (unpaired) electrons. The minimum absolute atomic E-state index is 0.174. The number of nitrogens with one attached hydrogen (secondary N) is 1. The number of carbonyl (C=O) groups is 1. The topological polar surface area (TPSA) is 102 Å². The molecule has 0 fully saturated rings. The molecule has 1 rings (SSSR count). The number of thioether (sulfide) groups is 1. The van der Waals surface area contributed by atoms with E-state index >= 15 is 0 Å². The zero-order chi connectivity index (χ0) is 14.4. The lowest BCUT2D eigenvalue weighted by Gasteiger charge is -2.16. The molecule has 0 spiro atoms. The highest BCUT2D eigenvalue weighted by atomic mass is 32.2. The second-order valence-corrected chi connectivity index (χ2v) is 4.84. The number of amides is 1. The van der Waals surface area contributed by atoms with Gasteiger partial charge in [0, 0.05) is 31.0 Å². The van der Waals surface area contributed by atoms with E-state index in [4.69, 9.17) is 5.84 Å². The summed E-state index contributed by atoms with van der Waals surface area (Å²) in [5, 5.41) is 10.9. The first-order chi connectivity index (χ1) is 9.01. The molecule has 0 atom stereocenters. The van der Waals surface area contributed by atoms with Crippen LogP contribution in [0.25, 0.3) is 0 Å². The Kier molecular flexibility index (Phi) is 5.58. The van der Waals surface area contributed by atoms with Gasteiger partial charge in [0.2, 0.25) is 0 Å². The lowest BCUT2D eigenvalue weighted by molar-refractivity contribution is -0.384. The van der Waals surface area contributed by atoms with Gasteiger partial charge in [-0.05, 0) is 18.4 Å². The number of nitrogen functional groups attached to an aromatic ring is 1. The molecular weight excluding hydrogens is 268 g/mol. The van der Waals surface area contributed by atoms with E-state index in [1.807, 2.05) is 6.26 Å². The molecule has 0 aromatic heterocycles. The standard InChI is InChI=1S/C11H16N4O3S/c1-14(5-6-19-2)11(16)8-3-4-9(13-12)10(7-8)15(17)18/h3-4,7,13H,5-6,12H2,1-2H3. The molecule has 0 bridgehead atoms. The molecule has 0 aliphatic rings. The zero-order valence-electron chi connectivity index (χ0n) is 10.8. The molecule has 8 heteroatoms. The maximum absolute atomic E-state index is 12.1. The van der Waals surface area contributed by atoms with Gasteiger partial charge in [0.15, 0.2) is 0 Å². The van der Waals surface area contributed by atoms with E-state index in [-0.39, 0.29) is 22.8 Å². The molecule has 1 amide bonds. The molecule has 0 saturated carbocycles. The van der Waals surface area contributed by atoms with Crippen LogP contribution < -0.4 is 11.3 Å². The summed E-state index contributed by atoms with van der Waals surface area (Å²) in [5.41, 5.74) is 2.47. The molecule has 0 aliphatic carbocycles. The predicted octanol–water partition coefficient (Wildman–Crippen LogP) is 1.32. The molecule has 104 valence electrons. The second kappa shape index (κ2) is 6.95. The third-order valence-electron chi connectivity index (χ3n) is 2.57. The van der Waals surface area contributed by atoms with Crippen molar-refractivity contribution in [3.63, 3.8) is 0 Å². The van der Waals surface area contributed by atoms with Gasteiger partial charge in [-0.2, -0.15) is 11.8 Å². The van der Waals surface area contributed by atoms with Crippen molar-refractivity contribution in [3.05, 3.63) is 33.9 Å². The Balaban J connectivity index is 2.98. The number of carbonyl (C=O) groups excluding carboxylic acids is 1. The third-order valence-corrected chi connectivity index (χ3v) is 3.17. The number of nitrogens with zero attached hydrogens (tertiary/aromatic N) is 2. The highest BCUT2D eigenvalue weighted by Crippen LogP contribution is 2.25. The minimum Gasteiger partial charge on any atom is -0.341 e. The van der Waals surface area contributed by atoms with E-state index in [0.717, 1.165) is 5.75 Å². The molecule has 0 saturated heterocycles. The minimum atomic E-state index is -0.576. The summed E-state index contributed by atoms with van der Waals surface area (Å²) in [7, 11) is 1.67. The van der Waals surface area contributed by atoms with Crippen LogP contribution in [0.1, 0.15) is 10.4 Å². The third kappa shape index (κ3) is 3.83. The molecule has 0 aliphatic heterocycles. The highest BCUT2D eigenvalue weighted by molar-refractivity contribution is 7.98.